The number of aryl methyl sites for hydroxylation is 1. The predicted molar refractivity (Wildman–Crippen MR) is 106 cm³/mol. The average Bonchev–Trinajstić information content (AvgIpc) is 2.70. The van der Waals surface area contributed by atoms with E-state index in [2.05, 4.69) is 5.32 Å². The van der Waals surface area contributed by atoms with Gasteiger partial charge in [-0.2, -0.15) is 4.31 Å². The molecule has 1 atom stereocenters. The molecular formula is C21H24F2N2O3S. The molecule has 2 aromatic rings. The minimum atomic E-state index is -3.68. The fourth-order valence-corrected chi connectivity index (χ4v) is 5.18. The Labute approximate surface area is 169 Å². The van der Waals surface area contributed by atoms with E-state index in [1.165, 1.54) is 16.4 Å². The molecule has 156 valence electrons. The summed E-state index contributed by atoms with van der Waals surface area (Å²) in [6, 6.07) is 7.38. The highest BCUT2D eigenvalue weighted by Crippen LogP contribution is 2.25. The van der Waals surface area contributed by atoms with Crippen LogP contribution in [0.2, 0.25) is 0 Å². The van der Waals surface area contributed by atoms with E-state index in [1.807, 2.05) is 0 Å². The standard InChI is InChI=1S/C21H24F2N2O3S/c1-14-6-7-17(13-20(14)29(27,28)25-10-4-3-5-11-25)21(26)24-15(2)16-8-9-18(22)19(23)12-16/h6-9,12-13,15H,3-5,10-11H2,1-2H3,(H,24,26). The lowest BCUT2D eigenvalue weighted by atomic mass is 10.1. The maximum atomic E-state index is 13.4. The van der Waals surface area contributed by atoms with Gasteiger partial charge in [0.05, 0.1) is 10.9 Å². The van der Waals surface area contributed by atoms with Gasteiger partial charge in [-0.3, -0.25) is 4.79 Å². The van der Waals surface area contributed by atoms with Gasteiger partial charge >= 0.3 is 0 Å². The molecule has 1 heterocycles. The molecule has 1 fully saturated rings. The smallest absolute Gasteiger partial charge is 0.251 e. The van der Waals surface area contributed by atoms with Crippen molar-refractivity contribution in [2.45, 2.75) is 44.0 Å². The van der Waals surface area contributed by atoms with Gasteiger partial charge in [-0.1, -0.05) is 18.6 Å². The topological polar surface area (TPSA) is 66.5 Å². The molecule has 5 nitrogen and oxygen atoms in total. The van der Waals surface area contributed by atoms with Crippen molar-refractivity contribution in [1.29, 1.82) is 0 Å². The highest BCUT2D eigenvalue weighted by atomic mass is 32.2. The molecule has 1 saturated heterocycles. The molecule has 0 bridgehead atoms. The maximum absolute atomic E-state index is 13.4. The Morgan fingerprint density at radius 3 is 2.38 bits per heavy atom. The summed E-state index contributed by atoms with van der Waals surface area (Å²) in [6.07, 6.45) is 2.66. The first-order valence-electron chi connectivity index (χ1n) is 9.57. The molecule has 1 N–H and O–H groups in total. The first-order chi connectivity index (χ1) is 13.7. The van der Waals surface area contributed by atoms with Crippen LogP contribution in [-0.4, -0.2) is 31.7 Å². The number of rotatable bonds is 5. The molecular weight excluding hydrogens is 398 g/mol. The molecule has 0 aromatic heterocycles. The Hall–Kier alpha value is -2.32. The monoisotopic (exact) mass is 422 g/mol. The van der Waals surface area contributed by atoms with Crippen LogP contribution in [0, 0.1) is 18.6 Å². The minimum Gasteiger partial charge on any atom is -0.346 e. The van der Waals surface area contributed by atoms with E-state index in [4.69, 9.17) is 0 Å². The fraction of sp³-hybridized carbons (Fsp3) is 0.381. The Morgan fingerprint density at radius 2 is 1.72 bits per heavy atom. The second-order valence-corrected chi connectivity index (χ2v) is 9.22. The number of sulfonamides is 1. The van der Waals surface area contributed by atoms with Crippen LogP contribution < -0.4 is 5.32 Å². The molecule has 1 aliphatic heterocycles. The second-order valence-electron chi connectivity index (χ2n) is 7.31. The Bertz CT molecular complexity index is 1020. The van der Waals surface area contributed by atoms with Crippen molar-refractivity contribution in [3.05, 3.63) is 64.7 Å². The summed E-state index contributed by atoms with van der Waals surface area (Å²) in [5, 5.41) is 2.70. The third kappa shape index (κ3) is 4.64. The highest BCUT2D eigenvalue weighted by Gasteiger charge is 2.28. The van der Waals surface area contributed by atoms with Crippen molar-refractivity contribution in [3.8, 4) is 0 Å². The number of benzene rings is 2. The number of nitrogens with one attached hydrogen (secondary N) is 1. The number of piperidine rings is 1. The Kier molecular flexibility index (Phi) is 6.33. The summed E-state index contributed by atoms with van der Waals surface area (Å²) >= 11 is 0. The molecule has 0 radical (unpaired) electrons. The van der Waals surface area contributed by atoms with Gasteiger partial charge in [0.15, 0.2) is 11.6 Å². The van der Waals surface area contributed by atoms with Crippen LogP contribution in [0.3, 0.4) is 0 Å². The summed E-state index contributed by atoms with van der Waals surface area (Å²) < 4.78 is 54.0. The van der Waals surface area contributed by atoms with E-state index in [-0.39, 0.29) is 10.5 Å². The van der Waals surface area contributed by atoms with Gasteiger partial charge in [-0.15, -0.1) is 0 Å². The van der Waals surface area contributed by atoms with Crippen molar-refractivity contribution in [2.75, 3.05) is 13.1 Å². The molecule has 29 heavy (non-hydrogen) atoms. The molecule has 1 amide bonds. The largest absolute Gasteiger partial charge is 0.346 e. The minimum absolute atomic E-state index is 0.118. The summed E-state index contributed by atoms with van der Waals surface area (Å²) in [7, 11) is -3.68. The van der Waals surface area contributed by atoms with Crippen molar-refractivity contribution in [2.24, 2.45) is 0 Å². The molecule has 1 aliphatic rings. The fourth-order valence-electron chi connectivity index (χ4n) is 3.41. The first kappa shape index (κ1) is 21.4. The van der Waals surface area contributed by atoms with Gasteiger partial charge in [0.25, 0.3) is 5.91 Å². The van der Waals surface area contributed by atoms with Gasteiger partial charge in [-0.05, 0) is 62.1 Å². The normalized spacial score (nSPS) is 16.4. The van der Waals surface area contributed by atoms with Gasteiger partial charge in [0, 0.05) is 18.7 Å². The van der Waals surface area contributed by atoms with Gasteiger partial charge < -0.3 is 5.32 Å². The number of nitrogens with zero attached hydrogens (tertiary/aromatic N) is 1. The van der Waals surface area contributed by atoms with Crippen molar-refractivity contribution < 1.29 is 22.0 Å². The molecule has 2 aromatic carbocycles. The third-order valence-electron chi connectivity index (χ3n) is 5.17. The number of hydrogen-bond acceptors (Lipinski definition) is 3. The lowest BCUT2D eigenvalue weighted by molar-refractivity contribution is 0.0939. The van der Waals surface area contributed by atoms with Crippen LogP contribution in [0.25, 0.3) is 0 Å². The average molecular weight is 422 g/mol. The second kappa shape index (κ2) is 8.59. The zero-order chi connectivity index (χ0) is 21.2. The number of halogens is 2. The Balaban J connectivity index is 1.82. The number of amides is 1. The Morgan fingerprint density at radius 1 is 1.03 bits per heavy atom. The molecule has 1 unspecified atom stereocenters. The summed E-state index contributed by atoms with van der Waals surface area (Å²) in [4.78, 5) is 12.8. The summed E-state index contributed by atoms with van der Waals surface area (Å²) in [5.74, 6) is -2.44. The van der Waals surface area contributed by atoms with E-state index in [0.717, 1.165) is 31.4 Å². The van der Waals surface area contributed by atoms with Crippen LogP contribution in [0.15, 0.2) is 41.3 Å². The first-order valence-corrected chi connectivity index (χ1v) is 11.0. The van der Waals surface area contributed by atoms with Crippen LogP contribution in [0.5, 0.6) is 0 Å². The lowest BCUT2D eigenvalue weighted by Crippen LogP contribution is -2.36. The summed E-state index contributed by atoms with van der Waals surface area (Å²) in [5.41, 5.74) is 1.17. The molecule has 0 spiro atoms. The van der Waals surface area contributed by atoms with E-state index >= 15 is 0 Å². The van der Waals surface area contributed by atoms with Crippen molar-refractivity contribution in [1.82, 2.24) is 9.62 Å². The zero-order valence-corrected chi connectivity index (χ0v) is 17.2. The lowest BCUT2D eigenvalue weighted by Gasteiger charge is -2.26. The number of carbonyl (C=O) groups is 1. The molecule has 8 heteroatoms. The highest BCUT2D eigenvalue weighted by molar-refractivity contribution is 7.89. The number of hydrogen-bond donors (Lipinski definition) is 1. The predicted octanol–water partition coefficient (Wildman–Crippen LogP) is 3.94. The van der Waals surface area contributed by atoms with Crippen LogP contribution in [-0.2, 0) is 10.0 Å². The van der Waals surface area contributed by atoms with Gasteiger partial charge in [0.1, 0.15) is 0 Å². The SMILES string of the molecule is Cc1ccc(C(=O)NC(C)c2ccc(F)c(F)c2)cc1S(=O)(=O)N1CCCCC1. The van der Waals surface area contributed by atoms with Crippen LogP contribution in [0.4, 0.5) is 8.78 Å². The quantitative estimate of drug-likeness (QED) is 0.794. The third-order valence-corrected chi connectivity index (χ3v) is 7.22. The number of carbonyl (C=O) groups excluding carboxylic acids is 1. The van der Waals surface area contributed by atoms with E-state index in [1.54, 1.807) is 26.0 Å². The molecule has 0 saturated carbocycles. The van der Waals surface area contributed by atoms with Gasteiger partial charge in [-0.25, -0.2) is 17.2 Å². The molecule has 0 aliphatic carbocycles. The van der Waals surface area contributed by atoms with Crippen molar-refractivity contribution >= 4 is 15.9 Å². The maximum Gasteiger partial charge on any atom is 0.251 e. The van der Waals surface area contributed by atoms with Gasteiger partial charge in [0.2, 0.25) is 10.0 Å². The summed E-state index contributed by atoms with van der Waals surface area (Å²) in [6.45, 7) is 4.29. The van der Waals surface area contributed by atoms with E-state index < -0.39 is 33.6 Å². The van der Waals surface area contributed by atoms with E-state index in [0.29, 0.717) is 24.2 Å². The van der Waals surface area contributed by atoms with Crippen molar-refractivity contribution in [3.63, 3.8) is 0 Å². The molecule has 3 rings (SSSR count). The van der Waals surface area contributed by atoms with Crippen LogP contribution in [0.1, 0.15) is 53.7 Å². The van der Waals surface area contributed by atoms with Crippen LogP contribution >= 0.6 is 0 Å². The zero-order valence-electron chi connectivity index (χ0n) is 16.4. The van der Waals surface area contributed by atoms with E-state index in [9.17, 15) is 22.0 Å².